The van der Waals surface area contributed by atoms with Crippen molar-refractivity contribution in [3.05, 3.63) is 23.2 Å². The number of nitrogens with zero attached hydrogens (tertiary/aromatic N) is 1. The van der Waals surface area contributed by atoms with Crippen LogP contribution in [0.3, 0.4) is 0 Å². The monoisotopic (exact) mass is 298 g/mol. The van der Waals surface area contributed by atoms with Crippen molar-refractivity contribution in [2.24, 2.45) is 0 Å². The average molecular weight is 299 g/mol. The van der Waals surface area contributed by atoms with E-state index in [1.807, 2.05) is 7.05 Å². The first kappa shape index (κ1) is 16.8. The lowest BCUT2D eigenvalue weighted by Gasteiger charge is -2.25. The number of carbonyl (C=O) groups excluding carboxylic acids is 1. The standard InChI is InChI=1S/C15H23ClN2O2/c1-5-12(6-2)18(3)10-15(19)17-11-7-8-14(20-4)13(16)9-11/h7-9,12H,5-6,10H2,1-4H3,(H,17,19). The molecule has 0 saturated carbocycles. The molecule has 1 aromatic rings. The first-order valence-corrected chi connectivity index (χ1v) is 7.23. The van der Waals surface area contributed by atoms with E-state index < -0.39 is 0 Å². The molecule has 0 spiro atoms. The quantitative estimate of drug-likeness (QED) is 0.839. The molecule has 1 aromatic carbocycles. The lowest BCUT2D eigenvalue weighted by atomic mass is 10.1. The Hall–Kier alpha value is -1.26. The van der Waals surface area contributed by atoms with Crippen LogP contribution in [0.4, 0.5) is 5.69 Å². The summed E-state index contributed by atoms with van der Waals surface area (Å²) < 4.78 is 5.08. The molecule has 4 nitrogen and oxygen atoms in total. The van der Waals surface area contributed by atoms with Crippen LogP contribution in [0.1, 0.15) is 26.7 Å². The average Bonchev–Trinajstić information content (AvgIpc) is 2.40. The predicted molar refractivity (Wildman–Crippen MR) is 83.6 cm³/mol. The van der Waals surface area contributed by atoms with Gasteiger partial charge in [-0.05, 0) is 38.1 Å². The van der Waals surface area contributed by atoms with Gasteiger partial charge in [-0.3, -0.25) is 9.69 Å². The van der Waals surface area contributed by atoms with E-state index in [0.29, 0.717) is 29.0 Å². The van der Waals surface area contributed by atoms with Crippen molar-refractivity contribution in [2.75, 3.05) is 26.0 Å². The number of carbonyl (C=O) groups is 1. The first-order chi connectivity index (χ1) is 9.51. The molecular formula is C15H23ClN2O2. The highest BCUT2D eigenvalue weighted by molar-refractivity contribution is 6.32. The summed E-state index contributed by atoms with van der Waals surface area (Å²) in [4.78, 5) is 14.1. The number of benzene rings is 1. The second-order valence-electron chi connectivity index (χ2n) is 4.78. The maximum Gasteiger partial charge on any atom is 0.238 e. The second kappa shape index (κ2) is 8.12. The zero-order valence-electron chi connectivity index (χ0n) is 12.6. The van der Waals surface area contributed by atoms with Gasteiger partial charge in [-0.1, -0.05) is 25.4 Å². The highest BCUT2D eigenvalue weighted by Gasteiger charge is 2.14. The molecule has 0 saturated heterocycles. The fraction of sp³-hybridized carbons (Fsp3) is 0.533. The van der Waals surface area contributed by atoms with Crippen molar-refractivity contribution in [2.45, 2.75) is 32.7 Å². The van der Waals surface area contributed by atoms with E-state index >= 15 is 0 Å². The fourth-order valence-corrected chi connectivity index (χ4v) is 2.47. The third kappa shape index (κ3) is 4.69. The first-order valence-electron chi connectivity index (χ1n) is 6.85. The molecule has 0 bridgehead atoms. The third-order valence-corrected chi connectivity index (χ3v) is 3.69. The molecule has 0 aliphatic rings. The Morgan fingerprint density at radius 3 is 2.55 bits per heavy atom. The fourth-order valence-electron chi connectivity index (χ4n) is 2.21. The van der Waals surface area contributed by atoms with E-state index in [4.69, 9.17) is 16.3 Å². The van der Waals surface area contributed by atoms with Crippen LogP contribution in [0.25, 0.3) is 0 Å². The van der Waals surface area contributed by atoms with Crippen molar-refractivity contribution in [1.29, 1.82) is 0 Å². The number of anilines is 1. The number of ether oxygens (including phenoxy) is 1. The van der Waals surface area contributed by atoms with Crippen molar-refractivity contribution >= 4 is 23.2 Å². The Kier molecular flexibility index (Phi) is 6.82. The lowest BCUT2D eigenvalue weighted by molar-refractivity contribution is -0.117. The lowest BCUT2D eigenvalue weighted by Crippen LogP contribution is -2.37. The van der Waals surface area contributed by atoms with Crippen LogP contribution in [0, 0.1) is 0 Å². The Labute approximate surface area is 126 Å². The molecule has 1 amide bonds. The summed E-state index contributed by atoms with van der Waals surface area (Å²) in [6, 6.07) is 5.64. The zero-order chi connectivity index (χ0) is 15.1. The van der Waals surface area contributed by atoms with Crippen molar-refractivity contribution in [1.82, 2.24) is 4.90 Å². The van der Waals surface area contributed by atoms with E-state index in [9.17, 15) is 4.79 Å². The minimum Gasteiger partial charge on any atom is -0.495 e. The van der Waals surface area contributed by atoms with Gasteiger partial charge in [0.15, 0.2) is 0 Å². The predicted octanol–water partition coefficient (Wildman–Crippen LogP) is 3.41. The maximum absolute atomic E-state index is 12.0. The molecule has 1 N–H and O–H groups in total. The van der Waals surface area contributed by atoms with Gasteiger partial charge in [0, 0.05) is 11.7 Å². The van der Waals surface area contributed by atoms with Crippen LogP contribution in [-0.2, 0) is 4.79 Å². The molecular weight excluding hydrogens is 276 g/mol. The molecule has 0 heterocycles. The van der Waals surface area contributed by atoms with Crippen LogP contribution in [-0.4, -0.2) is 37.6 Å². The van der Waals surface area contributed by atoms with E-state index in [-0.39, 0.29) is 5.91 Å². The van der Waals surface area contributed by atoms with Gasteiger partial charge in [-0.25, -0.2) is 0 Å². The van der Waals surface area contributed by atoms with E-state index in [2.05, 4.69) is 24.1 Å². The minimum atomic E-state index is -0.0411. The van der Waals surface area contributed by atoms with Crippen LogP contribution < -0.4 is 10.1 Å². The highest BCUT2D eigenvalue weighted by Crippen LogP contribution is 2.27. The highest BCUT2D eigenvalue weighted by atomic mass is 35.5. The Bertz CT molecular complexity index is 447. The van der Waals surface area contributed by atoms with E-state index in [1.54, 1.807) is 25.3 Å². The van der Waals surface area contributed by atoms with E-state index in [1.165, 1.54) is 0 Å². The van der Waals surface area contributed by atoms with Crippen molar-refractivity contribution in [3.8, 4) is 5.75 Å². The maximum atomic E-state index is 12.0. The molecule has 112 valence electrons. The molecule has 0 aliphatic heterocycles. The summed E-state index contributed by atoms with van der Waals surface area (Å²) >= 11 is 6.03. The number of amides is 1. The van der Waals surface area contributed by atoms with Gasteiger partial charge in [0.1, 0.15) is 5.75 Å². The Balaban J connectivity index is 2.60. The SMILES string of the molecule is CCC(CC)N(C)CC(=O)Nc1ccc(OC)c(Cl)c1. The van der Waals surface area contributed by atoms with Gasteiger partial charge in [0.05, 0.1) is 18.7 Å². The molecule has 5 heteroatoms. The number of hydrogen-bond acceptors (Lipinski definition) is 3. The van der Waals surface area contributed by atoms with Gasteiger partial charge in [0.2, 0.25) is 5.91 Å². The summed E-state index contributed by atoms with van der Waals surface area (Å²) in [7, 11) is 3.53. The van der Waals surface area contributed by atoms with Crippen molar-refractivity contribution < 1.29 is 9.53 Å². The van der Waals surface area contributed by atoms with Gasteiger partial charge < -0.3 is 10.1 Å². The van der Waals surface area contributed by atoms with Gasteiger partial charge in [-0.2, -0.15) is 0 Å². The number of nitrogens with one attached hydrogen (secondary N) is 1. The zero-order valence-corrected chi connectivity index (χ0v) is 13.3. The number of likely N-dealkylation sites (N-methyl/N-ethyl adjacent to an activating group) is 1. The molecule has 0 fully saturated rings. The summed E-state index contributed by atoms with van der Waals surface area (Å²) in [5.74, 6) is 0.555. The number of halogens is 1. The van der Waals surface area contributed by atoms with E-state index in [0.717, 1.165) is 12.8 Å². The van der Waals surface area contributed by atoms with Gasteiger partial charge in [-0.15, -0.1) is 0 Å². The molecule has 20 heavy (non-hydrogen) atoms. The Morgan fingerprint density at radius 1 is 1.40 bits per heavy atom. The molecule has 0 aromatic heterocycles. The molecule has 0 aliphatic carbocycles. The Morgan fingerprint density at radius 2 is 2.05 bits per heavy atom. The summed E-state index contributed by atoms with van der Waals surface area (Å²) in [6.07, 6.45) is 2.07. The second-order valence-corrected chi connectivity index (χ2v) is 5.19. The number of hydrogen-bond donors (Lipinski definition) is 1. The van der Waals surface area contributed by atoms with Crippen LogP contribution >= 0.6 is 11.6 Å². The van der Waals surface area contributed by atoms with Crippen LogP contribution in [0.5, 0.6) is 5.75 Å². The molecule has 0 atom stereocenters. The van der Waals surface area contributed by atoms with Gasteiger partial charge >= 0.3 is 0 Å². The van der Waals surface area contributed by atoms with Crippen LogP contribution in [0.2, 0.25) is 5.02 Å². The van der Waals surface area contributed by atoms with Crippen LogP contribution in [0.15, 0.2) is 18.2 Å². The number of methoxy groups -OCH3 is 1. The van der Waals surface area contributed by atoms with Crippen molar-refractivity contribution in [3.63, 3.8) is 0 Å². The number of rotatable bonds is 7. The smallest absolute Gasteiger partial charge is 0.238 e. The summed E-state index contributed by atoms with van der Waals surface area (Å²) in [5.41, 5.74) is 0.679. The molecule has 0 radical (unpaired) electrons. The van der Waals surface area contributed by atoms with Gasteiger partial charge in [0.25, 0.3) is 0 Å². The summed E-state index contributed by atoms with van der Waals surface area (Å²) in [6.45, 7) is 4.63. The molecule has 1 rings (SSSR count). The topological polar surface area (TPSA) is 41.6 Å². The minimum absolute atomic E-state index is 0.0411. The molecule has 0 unspecified atom stereocenters. The third-order valence-electron chi connectivity index (χ3n) is 3.39. The normalized spacial score (nSPS) is 10.9. The summed E-state index contributed by atoms with van der Waals surface area (Å²) in [5, 5.41) is 3.33. The largest absolute Gasteiger partial charge is 0.495 e.